The normalized spacial score (nSPS) is 15.4. The third-order valence-corrected chi connectivity index (χ3v) is 3.34. The van der Waals surface area contributed by atoms with Gasteiger partial charge in [-0.2, -0.15) is 0 Å². The number of primary amides is 1. The lowest BCUT2D eigenvalue weighted by Gasteiger charge is -2.10. The lowest BCUT2D eigenvalue weighted by atomic mass is 10.1. The van der Waals surface area contributed by atoms with Crippen molar-refractivity contribution >= 4 is 24.0 Å². The minimum absolute atomic E-state index is 0.0949. The van der Waals surface area contributed by atoms with Gasteiger partial charge in [-0.15, -0.1) is 0 Å². The van der Waals surface area contributed by atoms with Crippen molar-refractivity contribution in [2.45, 2.75) is 26.4 Å². The number of urea groups is 1. The average molecular weight is 348 g/mol. The molecule has 0 spiro atoms. The number of amides is 3. The van der Waals surface area contributed by atoms with Crippen LogP contribution in [0.5, 0.6) is 11.5 Å². The van der Waals surface area contributed by atoms with Crippen molar-refractivity contribution in [2.75, 3.05) is 13.2 Å². The molecule has 25 heavy (non-hydrogen) atoms. The molecule has 8 heteroatoms. The molecular formula is C17H20N2O6. The molecule has 1 heterocycles. The van der Waals surface area contributed by atoms with Crippen LogP contribution in [-0.4, -0.2) is 37.2 Å². The number of hydrogen-bond acceptors (Lipinski definition) is 6. The van der Waals surface area contributed by atoms with Crippen LogP contribution in [0.15, 0.2) is 18.2 Å². The van der Waals surface area contributed by atoms with Crippen molar-refractivity contribution < 1.29 is 28.6 Å². The van der Waals surface area contributed by atoms with Crippen LogP contribution in [0.4, 0.5) is 4.79 Å². The Morgan fingerprint density at radius 1 is 1.40 bits per heavy atom. The first-order chi connectivity index (χ1) is 11.9. The summed E-state index contributed by atoms with van der Waals surface area (Å²) in [7, 11) is 0. The number of nitrogens with two attached hydrogens (primary N) is 1. The first-order valence-corrected chi connectivity index (χ1v) is 7.79. The minimum Gasteiger partial charge on any atom is -0.493 e. The van der Waals surface area contributed by atoms with E-state index in [-0.39, 0.29) is 6.10 Å². The van der Waals surface area contributed by atoms with Gasteiger partial charge in [-0.1, -0.05) is 0 Å². The second-order valence-electron chi connectivity index (χ2n) is 5.42. The van der Waals surface area contributed by atoms with Crippen molar-refractivity contribution in [3.63, 3.8) is 0 Å². The maximum Gasteiger partial charge on any atom is 0.331 e. The highest BCUT2D eigenvalue weighted by Gasteiger charge is 2.21. The van der Waals surface area contributed by atoms with Crippen molar-refractivity contribution in [1.29, 1.82) is 0 Å². The molecule has 2 rings (SSSR count). The molecule has 3 N–H and O–H groups in total. The Hall–Kier alpha value is -3.03. The predicted molar refractivity (Wildman–Crippen MR) is 89.1 cm³/mol. The van der Waals surface area contributed by atoms with Gasteiger partial charge in [0.15, 0.2) is 6.61 Å². The van der Waals surface area contributed by atoms with Gasteiger partial charge in [0.1, 0.15) is 17.6 Å². The van der Waals surface area contributed by atoms with E-state index in [1.165, 1.54) is 12.2 Å². The zero-order valence-electron chi connectivity index (χ0n) is 14.0. The second-order valence-corrected chi connectivity index (χ2v) is 5.42. The van der Waals surface area contributed by atoms with Crippen molar-refractivity contribution in [3.05, 3.63) is 29.3 Å². The first kappa shape index (κ1) is 18.3. The van der Waals surface area contributed by atoms with Crippen LogP contribution in [0.3, 0.4) is 0 Å². The summed E-state index contributed by atoms with van der Waals surface area (Å²) in [4.78, 5) is 33.4. The molecule has 1 aromatic rings. The van der Waals surface area contributed by atoms with Gasteiger partial charge < -0.3 is 19.9 Å². The van der Waals surface area contributed by atoms with Crippen LogP contribution in [0.1, 0.15) is 25.0 Å². The van der Waals surface area contributed by atoms with Crippen LogP contribution in [-0.2, 0) is 20.7 Å². The van der Waals surface area contributed by atoms with Gasteiger partial charge in [-0.25, -0.2) is 9.59 Å². The molecule has 0 bridgehead atoms. The van der Waals surface area contributed by atoms with Gasteiger partial charge in [-0.05, 0) is 32.1 Å². The standard InChI is InChI=1S/C17H20N2O6/c1-3-23-13-8-12-6-10(2)25-14(12)7-11(13)4-5-16(21)24-9-15(20)19-17(18)22/h4-5,7-8,10H,3,6,9H2,1-2H3,(H3,18,19,20,22)/b5-4+/t10-/m1/s1. The molecule has 3 amide bonds. The zero-order valence-corrected chi connectivity index (χ0v) is 14.0. The van der Waals surface area contributed by atoms with Crippen molar-refractivity contribution in [1.82, 2.24) is 5.32 Å². The van der Waals surface area contributed by atoms with Crippen LogP contribution >= 0.6 is 0 Å². The minimum atomic E-state index is -1.01. The highest BCUT2D eigenvalue weighted by atomic mass is 16.5. The van der Waals surface area contributed by atoms with E-state index in [9.17, 15) is 14.4 Å². The number of hydrogen-bond donors (Lipinski definition) is 2. The molecule has 1 atom stereocenters. The predicted octanol–water partition coefficient (Wildman–Crippen LogP) is 1.16. The van der Waals surface area contributed by atoms with Crippen molar-refractivity contribution in [2.24, 2.45) is 5.73 Å². The number of fused-ring (bicyclic) bond motifs is 1. The summed E-state index contributed by atoms with van der Waals surface area (Å²) in [6.45, 7) is 3.72. The maximum absolute atomic E-state index is 11.7. The van der Waals surface area contributed by atoms with E-state index in [2.05, 4.69) is 0 Å². The number of rotatable bonds is 6. The molecule has 8 nitrogen and oxygen atoms in total. The molecule has 1 aliphatic heterocycles. The third kappa shape index (κ3) is 5.23. The average Bonchev–Trinajstić information content (AvgIpc) is 2.89. The summed E-state index contributed by atoms with van der Waals surface area (Å²) in [6, 6.07) is 2.69. The summed E-state index contributed by atoms with van der Waals surface area (Å²) in [5.41, 5.74) is 6.50. The van der Waals surface area contributed by atoms with E-state index in [1.807, 2.05) is 19.9 Å². The third-order valence-electron chi connectivity index (χ3n) is 3.34. The molecule has 0 radical (unpaired) electrons. The molecule has 1 aromatic carbocycles. The Labute approximate surface area is 144 Å². The largest absolute Gasteiger partial charge is 0.493 e. The SMILES string of the molecule is CCOc1cc2c(cc1/C=C/C(=O)OCC(=O)NC(N)=O)O[C@H](C)C2. The van der Waals surface area contributed by atoms with Gasteiger partial charge >= 0.3 is 12.0 Å². The van der Waals surface area contributed by atoms with Crippen LogP contribution in [0.2, 0.25) is 0 Å². The summed E-state index contributed by atoms with van der Waals surface area (Å²) in [5.74, 6) is -0.152. The molecule has 0 saturated carbocycles. The van der Waals surface area contributed by atoms with Gasteiger partial charge in [0.25, 0.3) is 5.91 Å². The van der Waals surface area contributed by atoms with Crippen LogP contribution < -0.4 is 20.5 Å². The lowest BCUT2D eigenvalue weighted by molar-refractivity contribution is -0.143. The van der Waals surface area contributed by atoms with Gasteiger partial charge in [0.2, 0.25) is 0 Å². The Kier molecular flexibility index (Phi) is 5.99. The Morgan fingerprint density at radius 3 is 2.84 bits per heavy atom. The number of benzene rings is 1. The monoisotopic (exact) mass is 348 g/mol. The zero-order chi connectivity index (χ0) is 18.4. The van der Waals surface area contributed by atoms with E-state index in [1.54, 1.807) is 11.4 Å². The number of esters is 1. The number of carbonyl (C=O) groups excluding carboxylic acids is 3. The van der Waals surface area contributed by atoms with E-state index >= 15 is 0 Å². The smallest absolute Gasteiger partial charge is 0.331 e. The van der Waals surface area contributed by atoms with Crippen LogP contribution in [0.25, 0.3) is 6.08 Å². The fourth-order valence-corrected chi connectivity index (χ4v) is 2.38. The topological polar surface area (TPSA) is 117 Å². The Morgan fingerprint density at radius 2 is 2.16 bits per heavy atom. The number of ether oxygens (including phenoxy) is 3. The molecule has 0 fully saturated rings. The summed E-state index contributed by atoms with van der Waals surface area (Å²) in [5, 5.41) is 1.79. The summed E-state index contributed by atoms with van der Waals surface area (Å²) in [6.07, 6.45) is 3.58. The summed E-state index contributed by atoms with van der Waals surface area (Å²) < 4.78 is 16.0. The number of carbonyl (C=O) groups is 3. The van der Waals surface area contributed by atoms with E-state index in [0.717, 1.165) is 17.7 Å². The highest BCUT2D eigenvalue weighted by Crippen LogP contribution is 2.35. The van der Waals surface area contributed by atoms with Gasteiger partial charge in [-0.3, -0.25) is 10.1 Å². The van der Waals surface area contributed by atoms with E-state index < -0.39 is 24.5 Å². The van der Waals surface area contributed by atoms with Crippen molar-refractivity contribution in [3.8, 4) is 11.5 Å². The molecule has 0 saturated heterocycles. The van der Waals surface area contributed by atoms with Crippen LogP contribution in [0, 0.1) is 0 Å². The van der Waals surface area contributed by atoms with Gasteiger partial charge in [0, 0.05) is 23.6 Å². The molecular weight excluding hydrogens is 328 g/mol. The van der Waals surface area contributed by atoms with E-state index in [4.69, 9.17) is 19.9 Å². The fraction of sp³-hybridized carbons (Fsp3) is 0.353. The lowest BCUT2D eigenvalue weighted by Crippen LogP contribution is -2.37. The Balaban J connectivity index is 2.04. The van der Waals surface area contributed by atoms with Gasteiger partial charge in [0.05, 0.1) is 6.61 Å². The highest BCUT2D eigenvalue weighted by molar-refractivity contribution is 5.96. The first-order valence-electron chi connectivity index (χ1n) is 7.79. The molecule has 1 aliphatic rings. The molecule has 0 unspecified atom stereocenters. The molecule has 0 aromatic heterocycles. The molecule has 134 valence electrons. The number of nitrogens with one attached hydrogen (secondary N) is 1. The van der Waals surface area contributed by atoms with E-state index in [0.29, 0.717) is 17.9 Å². The second kappa shape index (κ2) is 8.18. The summed E-state index contributed by atoms with van der Waals surface area (Å²) >= 11 is 0. The maximum atomic E-state index is 11.7. The number of imide groups is 1. The fourth-order valence-electron chi connectivity index (χ4n) is 2.38. The Bertz CT molecular complexity index is 713. The quantitative estimate of drug-likeness (QED) is 0.588. The molecule has 0 aliphatic carbocycles.